The first-order valence-corrected chi connectivity index (χ1v) is 3.18. The Morgan fingerprint density at radius 2 is 2.00 bits per heavy atom. The lowest BCUT2D eigenvalue weighted by atomic mass is 10.1. The Balaban J connectivity index is 3.69. The maximum atomic E-state index is 10.0. The molecule has 0 heterocycles. The molecule has 60 valence electrons. The molecular weight excluding hydrogens is 136 g/mol. The number of aliphatic hydroxyl groups is 2. The highest BCUT2D eigenvalue weighted by Gasteiger charge is 2.21. The molecule has 0 aromatic heterocycles. The fraction of sp³-hybridized carbons (Fsp3) is 0.833. The van der Waals surface area contributed by atoms with E-state index in [1.807, 2.05) is 0 Å². The predicted octanol–water partition coefficient (Wildman–Crippen LogP) is -0.407. The molecule has 0 saturated carbocycles. The molecule has 0 aliphatic heterocycles. The lowest BCUT2D eigenvalue weighted by Crippen LogP contribution is -2.33. The number of aliphatic carboxylic acids is 1. The van der Waals surface area contributed by atoms with E-state index in [9.17, 15) is 4.79 Å². The van der Waals surface area contributed by atoms with Crippen molar-refractivity contribution in [2.45, 2.75) is 32.0 Å². The van der Waals surface area contributed by atoms with Gasteiger partial charge in [-0.25, -0.2) is 4.79 Å². The van der Waals surface area contributed by atoms with Gasteiger partial charge in [0.25, 0.3) is 0 Å². The highest BCUT2D eigenvalue weighted by atomic mass is 16.4. The minimum absolute atomic E-state index is 0.313. The van der Waals surface area contributed by atoms with Gasteiger partial charge in [-0.2, -0.15) is 0 Å². The van der Waals surface area contributed by atoms with Gasteiger partial charge in [-0.1, -0.05) is 13.3 Å². The van der Waals surface area contributed by atoms with Crippen LogP contribution in [0.4, 0.5) is 0 Å². The minimum atomic E-state index is -1.64. The number of carbonyl (C=O) groups is 1. The van der Waals surface area contributed by atoms with Crippen LogP contribution in [0, 0.1) is 0 Å². The second-order valence-corrected chi connectivity index (χ2v) is 2.14. The van der Waals surface area contributed by atoms with Crippen LogP contribution >= 0.6 is 0 Å². The van der Waals surface area contributed by atoms with E-state index in [1.54, 1.807) is 6.92 Å². The van der Waals surface area contributed by atoms with E-state index in [1.165, 1.54) is 0 Å². The number of carboxylic acid groups (broad SMARTS) is 1. The van der Waals surface area contributed by atoms with Crippen LogP contribution in [0.1, 0.15) is 19.8 Å². The molecule has 0 saturated heterocycles. The van der Waals surface area contributed by atoms with Gasteiger partial charge in [-0.15, -0.1) is 0 Å². The number of hydrogen-bond donors (Lipinski definition) is 3. The average Bonchev–Trinajstić information content (AvgIpc) is 1.87. The van der Waals surface area contributed by atoms with Crippen molar-refractivity contribution in [3.63, 3.8) is 0 Å². The first-order valence-electron chi connectivity index (χ1n) is 3.18. The molecule has 10 heavy (non-hydrogen) atoms. The normalized spacial score (nSPS) is 16.3. The third kappa shape index (κ3) is 2.80. The summed E-state index contributed by atoms with van der Waals surface area (Å²) in [6.45, 7) is 1.80. The zero-order valence-corrected chi connectivity index (χ0v) is 5.82. The van der Waals surface area contributed by atoms with E-state index < -0.39 is 18.2 Å². The van der Waals surface area contributed by atoms with Crippen LogP contribution in [0.25, 0.3) is 0 Å². The van der Waals surface area contributed by atoms with Crippen molar-refractivity contribution in [2.24, 2.45) is 0 Å². The first kappa shape index (κ1) is 9.39. The van der Waals surface area contributed by atoms with Crippen LogP contribution in [-0.2, 0) is 4.79 Å². The molecule has 0 spiro atoms. The van der Waals surface area contributed by atoms with Crippen molar-refractivity contribution in [3.05, 3.63) is 0 Å². The van der Waals surface area contributed by atoms with Crippen molar-refractivity contribution in [2.75, 3.05) is 0 Å². The van der Waals surface area contributed by atoms with Gasteiger partial charge in [0, 0.05) is 0 Å². The van der Waals surface area contributed by atoms with Crippen LogP contribution in [0.3, 0.4) is 0 Å². The largest absolute Gasteiger partial charge is 0.479 e. The van der Waals surface area contributed by atoms with E-state index in [0.29, 0.717) is 12.8 Å². The molecule has 4 nitrogen and oxygen atoms in total. The quantitative estimate of drug-likeness (QED) is 0.506. The van der Waals surface area contributed by atoms with Crippen LogP contribution < -0.4 is 0 Å². The second-order valence-electron chi connectivity index (χ2n) is 2.14. The molecule has 0 fully saturated rings. The van der Waals surface area contributed by atoms with Gasteiger partial charge in [0.05, 0.1) is 6.10 Å². The topological polar surface area (TPSA) is 77.8 Å². The lowest BCUT2D eigenvalue weighted by molar-refractivity contribution is -0.152. The molecule has 0 aliphatic rings. The summed E-state index contributed by atoms with van der Waals surface area (Å²) in [6, 6.07) is 0. The summed E-state index contributed by atoms with van der Waals surface area (Å²) in [7, 11) is 0. The van der Waals surface area contributed by atoms with Gasteiger partial charge in [0.1, 0.15) is 0 Å². The van der Waals surface area contributed by atoms with Crippen molar-refractivity contribution < 1.29 is 20.1 Å². The highest BCUT2D eigenvalue weighted by molar-refractivity contribution is 5.72. The maximum absolute atomic E-state index is 10.0. The molecule has 0 aromatic carbocycles. The Labute approximate surface area is 59.1 Å². The number of hydrogen-bond acceptors (Lipinski definition) is 3. The molecule has 0 aliphatic carbocycles. The molecule has 0 amide bonds. The molecule has 0 bridgehead atoms. The summed E-state index contributed by atoms with van der Waals surface area (Å²) in [6.07, 6.45) is -1.80. The van der Waals surface area contributed by atoms with Crippen molar-refractivity contribution in [1.29, 1.82) is 0 Å². The predicted molar refractivity (Wildman–Crippen MR) is 34.6 cm³/mol. The standard InChI is InChI=1S/C6H12O4/c1-2-3-4(7)5(8)6(9)10/h4-5,7-8H,2-3H2,1H3,(H,9,10)/t4-,5-/m1/s1. The number of rotatable bonds is 4. The molecule has 0 aromatic rings. The summed E-state index contributed by atoms with van der Waals surface area (Å²) in [5.41, 5.74) is 0. The molecule has 0 radical (unpaired) electrons. The Morgan fingerprint density at radius 1 is 1.50 bits per heavy atom. The van der Waals surface area contributed by atoms with Gasteiger partial charge in [-0.05, 0) is 6.42 Å². The van der Waals surface area contributed by atoms with E-state index in [-0.39, 0.29) is 0 Å². The first-order chi connectivity index (χ1) is 4.59. The Kier molecular flexibility index (Phi) is 3.99. The number of carboxylic acids is 1. The van der Waals surface area contributed by atoms with Gasteiger partial charge in [-0.3, -0.25) is 0 Å². The fourth-order valence-corrected chi connectivity index (χ4v) is 0.618. The van der Waals surface area contributed by atoms with Crippen LogP contribution in [0.5, 0.6) is 0 Å². The molecule has 4 heteroatoms. The number of aliphatic hydroxyl groups excluding tert-OH is 2. The van der Waals surface area contributed by atoms with Crippen LogP contribution in [0.2, 0.25) is 0 Å². The SMILES string of the molecule is CCC[C@@H](O)[C@@H](O)C(=O)O. The van der Waals surface area contributed by atoms with Crippen molar-refractivity contribution in [3.8, 4) is 0 Å². The summed E-state index contributed by atoms with van der Waals surface area (Å²) in [5.74, 6) is -1.37. The van der Waals surface area contributed by atoms with Gasteiger partial charge < -0.3 is 15.3 Å². The zero-order chi connectivity index (χ0) is 8.15. The second kappa shape index (κ2) is 4.24. The third-order valence-corrected chi connectivity index (χ3v) is 1.20. The van der Waals surface area contributed by atoms with Gasteiger partial charge >= 0.3 is 5.97 Å². The Morgan fingerprint density at radius 3 is 2.30 bits per heavy atom. The summed E-state index contributed by atoms with van der Waals surface area (Å²) < 4.78 is 0. The smallest absolute Gasteiger partial charge is 0.335 e. The van der Waals surface area contributed by atoms with E-state index in [0.717, 1.165) is 0 Å². The Hall–Kier alpha value is -0.610. The van der Waals surface area contributed by atoms with Crippen molar-refractivity contribution >= 4 is 5.97 Å². The molecule has 0 rings (SSSR count). The zero-order valence-electron chi connectivity index (χ0n) is 5.82. The van der Waals surface area contributed by atoms with Gasteiger partial charge in [0.2, 0.25) is 0 Å². The molecule has 0 unspecified atom stereocenters. The lowest BCUT2D eigenvalue weighted by Gasteiger charge is -2.11. The molecule has 2 atom stereocenters. The summed E-state index contributed by atoms with van der Waals surface area (Å²) in [5, 5.41) is 25.7. The molecule has 3 N–H and O–H groups in total. The van der Waals surface area contributed by atoms with Crippen LogP contribution in [-0.4, -0.2) is 33.5 Å². The average molecular weight is 148 g/mol. The fourth-order valence-electron chi connectivity index (χ4n) is 0.618. The van der Waals surface area contributed by atoms with E-state index >= 15 is 0 Å². The van der Waals surface area contributed by atoms with Crippen molar-refractivity contribution in [1.82, 2.24) is 0 Å². The Bertz CT molecular complexity index is 112. The third-order valence-electron chi connectivity index (χ3n) is 1.20. The van der Waals surface area contributed by atoms with Crippen LogP contribution in [0.15, 0.2) is 0 Å². The highest BCUT2D eigenvalue weighted by Crippen LogP contribution is 2.01. The monoisotopic (exact) mass is 148 g/mol. The summed E-state index contributed by atoms with van der Waals surface area (Å²) in [4.78, 5) is 10.0. The van der Waals surface area contributed by atoms with E-state index in [2.05, 4.69) is 0 Å². The molecular formula is C6H12O4. The summed E-state index contributed by atoms with van der Waals surface area (Å²) >= 11 is 0. The van der Waals surface area contributed by atoms with Gasteiger partial charge in [0.15, 0.2) is 6.10 Å². The minimum Gasteiger partial charge on any atom is -0.479 e. The maximum Gasteiger partial charge on any atom is 0.335 e. The van der Waals surface area contributed by atoms with E-state index in [4.69, 9.17) is 15.3 Å².